The standard InChI is InChI=1S/C24H19FN4O3S/c1-3-20(30)28-17-7-5-4-6-16(17)21-22(31)26-24(33-2)27-29(21)23(28)19-13-12-18(32-19)14-8-10-15(25)11-9-14/h4-13,23H,3H2,1-2H3/p+1/t23-/m1/s1. The summed E-state index contributed by atoms with van der Waals surface area (Å²) in [5.41, 5.74) is 1.95. The highest BCUT2D eigenvalue weighted by atomic mass is 32.2. The van der Waals surface area contributed by atoms with Crippen molar-refractivity contribution in [2.24, 2.45) is 0 Å². The quantitative estimate of drug-likeness (QED) is 0.363. The summed E-state index contributed by atoms with van der Waals surface area (Å²) in [5, 5.41) is 5.05. The zero-order chi connectivity index (χ0) is 23.1. The first-order valence-electron chi connectivity index (χ1n) is 10.4. The molecule has 0 saturated carbocycles. The lowest BCUT2D eigenvalue weighted by Gasteiger charge is -2.30. The van der Waals surface area contributed by atoms with Crippen LogP contribution in [0.3, 0.4) is 0 Å². The lowest BCUT2D eigenvalue weighted by Crippen LogP contribution is -2.60. The van der Waals surface area contributed by atoms with Crippen molar-refractivity contribution in [3.05, 3.63) is 82.6 Å². The number of para-hydroxylation sites is 1. The van der Waals surface area contributed by atoms with E-state index in [1.165, 1.54) is 23.9 Å². The van der Waals surface area contributed by atoms with Crippen LogP contribution in [0.4, 0.5) is 10.1 Å². The predicted octanol–water partition coefficient (Wildman–Crippen LogP) is 4.15. The van der Waals surface area contributed by atoms with Crippen molar-refractivity contribution in [1.82, 2.24) is 10.1 Å². The van der Waals surface area contributed by atoms with Crippen LogP contribution in [-0.4, -0.2) is 22.2 Å². The van der Waals surface area contributed by atoms with Gasteiger partial charge in [-0.2, -0.15) is 0 Å². The zero-order valence-electron chi connectivity index (χ0n) is 17.9. The van der Waals surface area contributed by atoms with E-state index in [0.29, 0.717) is 39.2 Å². The third kappa shape index (κ3) is 3.54. The number of anilines is 1. The number of thioether (sulfide) groups is 1. The Labute approximate surface area is 192 Å². The van der Waals surface area contributed by atoms with Gasteiger partial charge in [-0.15, -0.1) is 0 Å². The van der Waals surface area contributed by atoms with Gasteiger partial charge in [0.05, 0.1) is 11.3 Å². The van der Waals surface area contributed by atoms with Gasteiger partial charge in [0.2, 0.25) is 11.1 Å². The van der Waals surface area contributed by atoms with Gasteiger partial charge in [-0.25, -0.2) is 9.29 Å². The highest BCUT2D eigenvalue weighted by molar-refractivity contribution is 7.98. The number of nitrogens with zero attached hydrogens (tertiary/aromatic N) is 3. The van der Waals surface area contributed by atoms with Crippen molar-refractivity contribution in [1.29, 1.82) is 0 Å². The highest BCUT2D eigenvalue weighted by Crippen LogP contribution is 2.38. The van der Waals surface area contributed by atoms with E-state index in [4.69, 9.17) is 4.42 Å². The number of fused-ring (bicyclic) bond motifs is 3. The molecule has 0 radical (unpaired) electrons. The van der Waals surface area contributed by atoms with Crippen molar-refractivity contribution < 1.29 is 18.3 Å². The maximum atomic E-state index is 13.4. The number of furan rings is 1. The molecule has 2 aromatic carbocycles. The number of H-pyrrole nitrogens is 1. The van der Waals surface area contributed by atoms with Gasteiger partial charge in [0.15, 0.2) is 5.76 Å². The Balaban J connectivity index is 1.75. The second-order valence-electron chi connectivity index (χ2n) is 7.47. The van der Waals surface area contributed by atoms with Gasteiger partial charge in [0.1, 0.15) is 11.6 Å². The average molecular weight is 464 g/mol. The van der Waals surface area contributed by atoms with Crippen LogP contribution < -0.4 is 15.1 Å². The molecule has 1 N–H and O–H groups in total. The normalized spacial score (nSPS) is 14.6. The molecule has 1 atom stereocenters. The van der Waals surface area contributed by atoms with Gasteiger partial charge in [-0.05, 0) is 59.5 Å². The minimum atomic E-state index is -0.801. The van der Waals surface area contributed by atoms with Crippen molar-refractivity contribution in [3.8, 4) is 22.6 Å². The number of hydrogen-bond acceptors (Lipinski definition) is 5. The smallest absolute Gasteiger partial charge is 0.325 e. The Kier molecular flexibility index (Phi) is 5.33. The van der Waals surface area contributed by atoms with Crippen LogP contribution in [0.2, 0.25) is 0 Å². The number of benzene rings is 2. The van der Waals surface area contributed by atoms with Gasteiger partial charge < -0.3 is 4.42 Å². The average Bonchev–Trinajstić information content (AvgIpc) is 3.32. The number of rotatable bonds is 4. The summed E-state index contributed by atoms with van der Waals surface area (Å²) < 4.78 is 21.1. The second kappa shape index (κ2) is 8.32. The van der Waals surface area contributed by atoms with Crippen molar-refractivity contribution >= 4 is 23.4 Å². The van der Waals surface area contributed by atoms with Gasteiger partial charge in [0.25, 0.3) is 0 Å². The highest BCUT2D eigenvalue weighted by Gasteiger charge is 2.47. The number of amides is 1. The van der Waals surface area contributed by atoms with Crippen LogP contribution in [0.25, 0.3) is 22.6 Å². The molecule has 3 heterocycles. The fourth-order valence-corrected chi connectivity index (χ4v) is 4.39. The summed E-state index contributed by atoms with van der Waals surface area (Å²) in [6.45, 7) is 1.78. The first kappa shape index (κ1) is 21.1. The molecule has 4 aromatic rings. The Morgan fingerprint density at radius 3 is 2.67 bits per heavy atom. The molecule has 0 saturated heterocycles. The van der Waals surface area contributed by atoms with E-state index < -0.39 is 6.17 Å². The molecule has 0 bridgehead atoms. The van der Waals surface area contributed by atoms with E-state index >= 15 is 0 Å². The van der Waals surface area contributed by atoms with Crippen LogP contribution in [-0.2, 0) is 4.79 Å². The Morgan fingerprint density at radius 1 is 1.18 bits per heavy atom. The Hall–Kier alpha value is -3.72. The number of carbonyl (C=O) groups is 1. The Morgan fingerprint density at radius 2 is 1.94 bits per heavy atom. The van der Waals surface area contributed by atoms with Crippen molar-refractivity contribution in [3.63, 3.8) is 0 Å². The fraction of sp³-hybridized carbons (Fsp3) is 0.167. The first-order valence-corrected chi connectivity index (χ1v) is 11.6. The molecule has 0 unspecified atom stereocenters. The van der Waals surface area contributed by atoms with Crippen LogP contribution in [0.5, 0.6) is 0 Å². The van der Waals surface area contributed by atoms with E-state index in [1.54, 1.807) is 46.8 Å². The monoisotopic (exact) mass is 463 g/mol. The van der Waals surface area contributed by atoms with E-state index in [0.717, 1.165) is 0 Å². The minimum Gasteiger partial charge on any atom is -0.452 e. The van der Waals surface area contributed by atoms with E-state index in [9.17, 15) is 14.0 Å². The topological polar surface area (TPSA) is 83.1 Å². The largest absolute Gasteiger partial charge is 0.452 e. The molecular weight excluding hydrogens is 443 g/mol. The molecule has 1 aliphatic heterocycles. The molecule has 2 aromatic heterocycles. The molecule has 166 valence electrons. The third-order valence-electron chi connectivity index (χ3n) is 5.53. The number of nitrogens with one attached hydrogen (secondary N) is 1. The molecule has 0 fully saturated rings. The third-order valence-corrected chi connectivity index (χ3v) is 6.10. The summed E-state index contributed by atoms with van der Waals surface area (Å²) in [6, 6.07) is 16.7. The summed E-state index contributed by atoms with van der Waals surface area (Å²) in [5.74, 6) is 0.469. The van der Waals surface area contributed by atoms with Gasteiger partial charge in [0, 0.05) is 17.1 Å². The summed E-state index contributed by atoms with van der Waals surface area (Å²) in [4.78, 5) is 30.7. The number of carbonyl (C=O) groups excluding carboxylic acids is 1. The van der Waals surface area contributed by atoms with Crippen LogP contribution in [0.15, 0.2) is 75.0 Å². The summed E-state index contributed by atoms with van der Waals surface area (Å²) in [6.07, 6.45) is 1.26. The van der Waals surface area contributed by atoms with Crippen LogP contribution >= 0.6 is 11.8 Å². The van der Waals surface area contributed by atoms with Crippen molar-refractivity contribution in [2.45, 2.75) is 24.7 Å². The number of halogens is 1. The van der Waals surface area contributed by atoms with Gasteiger partial charge in [-0.1, -0.05) is 30.8 Å². The Bertz CT molecular complexity index is 1410. The van der Waals surface area contributed by atoms with Gasteiger partial charge in [-0.3, -0.25) is 14.6 Å². The molecule has 9 heteroatoms. The zero-order valence-corrected chi connectivity index (χ0v) is 18.7. The molecule has 7 nitrogen and oxygen atoms in total. The van der Waals surface area contributed by atoms with E-state index in [2.05, 4.69) is 10.1 Å². The summed E-state index contributed by atoms with van der Waals surface area (Å²) >= 11 is 1.30. The predicted molar refractivity (Wildman–Crippen MR) is 122 cm³/mol. The molecule has 1 amide bonds. The van der Waals surface area contributed by atoms with E-state index in [1.807, 2.05) is 24.5 Å². The van der Waals surface area contributed by atoms with Crippen molar-refractivity contribution in [2.75, 3.05) is 11.2 Å². The molecule has 0 spiro atoms. The lowest BCUT2D eigenvalue weighted by atomic mass is 10.0. The number of aromatic amines is 1. The minimum absolute atomic E-state index is 0.141. The fourth-order valence-electron chi connectivity index (χ4n) is 4.02. The lowest BCUT2D eigenvalue weighted by molar-refractivity contribution is -0.764. The SMILES string of the molecule is CCC(=O)N1c2ccccc2-c2c(=O)[nH]c(SC)n[n+]2[C@@H]1c1ccc(-c2ccc(F)cc2)o1. The molecule has 0 aliphatic carbocycles. The molecule has 1 aliphatic rings. The molecular formula is C24H20FN4O3S+. The maximum absolute atomic E-state index is 13.4. The molecule has 5 rings (SSSR count). The number of hydrogen-bond donors (Lipinski definition) is 1. The number of aromatic nitrogens is 3. The first-order chi connectivity index (χ1) is 16.0. The summed E-state index contributed by atoms with van der Waals surface area (Å²) in [7, 11) is 0. The van der Waals surface area contributed by atoms with Crippen LogP contribution in [0.1, 0.15) is 25.3 Å². The molecule has 33 heavy (non-hydrogen) atoms. The second-order valence-corrected chi connectivity index (χ2v) is 8.27. The van der Waals surface area contributed by atoms with Crippen LogP contribution in [0, 0.1) is 5.82 Å². The van der Waals surface area contributed by atoms with E-state index in [-0.39, 0.29) is 23.7 Å². The van der Waals surface area contributed by atoms with Gasteiger partial charge >= 0.3 is 17.4 Å². The maximum Gasteiger partial charge on any atom is 0.325 e.